The zero-order valence-electron chi connectivity index (χ0n) is 13.9. The van der Waals surface area contributed by atoms with Gasteiger partial charge in [-0.1, -0.05) is 30.0 Å². The van der Waals surface area contributed by atoms with E-state index in [1.807, 2.05) is 51.2 Å². The van der Waals surface area contributed by atoms with Gasteiger partial charge in [-0.2, -0.15) is 5.10 Å². The lowest BCUT2D eigenvalue weighted by atomic mass is 10.2. The summed E-state index contributed by atoms with van der Waals surface area (Å²) in [5.74, 6) is 0.0596. The maximum atomic E-state index is 12.9. The molecule has 0 saturated carbocycles. The van der Waals surface area contributed by atoms with Crippen LogP contribution in [0.25, 0.3) is 11.0 Å². The zero-order chi connectivity index (χ0) is 17.1. The van der Waals surface area contributed by atoms with Gasteiger partial charge < -0.3 is 4.90 Å². The minimum atomic E-state index is -0.261. The second-order valence-electron chi connectivity index (χ2n) is 5.36. The van der Waals surface area contributed by atoms with Crippen molar-refractivity contribution in [1.29, 1.82) is 0 Å². The summed E-state index contributed by atoms with van der Waals surface area (Å²) < 4.78 is 1.70. The van der Waals surface area contributed by atoms with E-state index in [0.717, 1.165) is 21.7 Å². The maximum Gasteiger partial charge on any atom is 0.240 e. The topological polar surface area (TPSA) is 63.9 Å². The Bertz CT molecular complexity index is 849. The molecular weight excluding hydrogens is 322 g/mol. The highest BCUT2D eigenvalue weighted by molar-refractivity contribution is 8.00. The molecule has 2 heterocycles. The van der Waals surface area contributed by atoms with Crippen molar-refractivity contribution in [1.82, 2.24) is 19.7 Å². The predicted molar refractivity (Wildman–Crippen MR) is 96.1 cm³/mol. The standard InChI is InChI=1S/C17H19N5OS/c1-4-22(13-8-6-5-7-9-13)17(23)12(2)24-16-14-10-20-21(3)15(14)18-11-19-16/h5-12H,4H2,1-3H3. The molecule has 124 valence electrons. The van der Waals surface area contributed by atoms with Gasteiger partial charge in [-0.3, -0.25) is 9.48 Å². The highest BCUT2D eigenvalue weighted by atomic mass is 32.2. The Kier molecular flexibility index (Phi) is 4.80. The summed E-state index contributed by atoms with van der Waals surface area (Å²) >= 11 is 1.44. The summed E-state index contributed by atoms with van der Waals surface area (Å²) in [7, 11) is 1.84. The maximum absolute atomic E-state index is 12.9. The van der Waals surface area contributed by atoms with Gasteiger partial charge in [0, 0.05) is 19.3 Å². The number of aryl methyl sites for hydroxylation is 1. The van der Waals surface area contributed by atoms with Crippen molar-refractivity contribution in [2.24, 2.45) is 7.05 Å². The van der Waals surface area contributed by atoms with Gasteiger partial charge >= 0.3 is 0 Å². The van der Waals surface area contributed by atoms with E-state index in [4.69, 9.17) is 0 Å². The number of fused-ring (bicyclic) bond motifs is 1. The van der Waals surface area contributed by atoms with Crippen molar-refractivity contribution >= 4 is 34.4 Å². The first-order chi connectivity index (χ1) is 11.6. The Morgan fingerprint density at radius 2 is 2.04 bits per heavy atom. The SMILES string of the molecule is CCN(C(=O)C(C)Sc1ncnc2c1cnn2C)c1ccccc1. The molecule has 2 aromatic heterocycles. The first-order valence-electron chi connectivity index (χ1n) is 7.77. The molecule has 6 nitrogen and oxygen atoms in total. The number of anilines is 1. The molecule has 0 fully saturated rings. The zero-order valence-corrected chi connectivity index (χ0v) is 14.7. The molecule has 1 amide bonds. The Morgan fingerprint density at radius 3 is 2.75 bits per heavy atom. The summed E-state index contributed by atoms with van der Waals surface area (Å²) in [4.78, 5) is 23.2. The first-order valence-corrected chi connectivity index (χ1v) is 8.65. The van der Waals surface area contributed by atoms with Crippen molar-refractivity contribution in [3.05, 3.63) is 42.9 Å². The van der Waals surface area contributed by atoms with Crippen molar-refractivity contribution in [2.75, 3.05) is 11.4 Å². The second-order valence-corrected chi connectivity index (χ2v) is 6.69. The number of amides is 1. The van der Waals surface area contributed by atoms with Crippen LogP contribution in [0.2, 0.25) is 0 Å². The number of carbonyl (C=O) groups is 1. The number of thioether (sulfide) groups is 1. The fourth-order valence-electron chi connectivity index (χ4n) is 2.55. The second kappa shape index (κ2) is 7.00. The van der Waals surface area contributed by atoms with Crippen molar-refractivity contribution in [3.8, 4) is 0 Å². The van der Waals surface area contributed by atoms with E-state index in [1.54, 1.807) is 15.8 Å². The van der Waals surface area contributed by atoms with Crippen LogP contribution in [0.5, 0.6) is 0 Å². The Labute approximate surface area is 144 Å². The number of para-hydroxylation sites is 1. The van der Waals surface area contributed by atoms with Gasteiger partial charge in [0.05, 0.1) is 16.8 Å². The van der Waals surface area contributed by atoms with Gasteiger partial charge in [-0.15, -0.1) is 0 Å². The number of hydrogen-bond acceptors (Lipinski definition) is 5. The molecule has 3 aromatic rings. The molecule has 0 aliphatic heterocycles. The lowest BCUT2D eigenvalue weighted by Crippen LogP contribution is -2.36. The summed E-state index contributed by atoms with van der Waals surface area (Å²) in [5.41, 5.74) is 1.68. The third kappa shape index (κ3) is 3.12. The average Bonchev–Trinajstić information content (AvgIpc) is 2.99. The summed E-state index contributed by atoms with van der Waals surface area (Å²) in [6.45, 7) is 4.51. The molecule has 0 N–H and O–H groups in total. The fourth-order valence-corrected chi connectivity index (χ4v) is 3.49. The van der Waals surface area contributed by atoms with Crippen LogP contribution in [-0.4, -0.2) is 37.5 Å². The smallest absolute Gasteiger partial charge is 0.240 e. The van der Waals surface area contributed by atoms with Crippen LogP contribution < -0.4 is 4.90 Å². The molecule has 0 aliphatic carbocycles. The third-order valence-corrected chi connectivity index (χ3v) is 4.88. The molecule has 1 aromatic carbocycles. The minimum absolute atomic E-state index is 0.0596. The largest absolute Gasteiger partial charge is 0.312 e. The molecule has 3 rings (SSSR count). The van der Waals surface area contributed by atoms with Gasteiger partial charge in [0.1, 0.15) is 11.4 Å². The number of nitrogens with zero attached hydrogens (tertiary/aromatic N) is 5. The van der Waals surface area contributed by atoms with Gasteiger partial charge in [0.2, 0.25) is 5.91 Å². The molecule has 0 bridgehead atoms. The molecule has 0 spiro atoms. The molecular formula is C17H19N5OS. The van der Waals surface area contributed by atoms with Gasteiger partial charge in [-0.25, -0.2) is 9.97 Å². The van der Waals surface area contributed by atoms with E-state index in [-0.39, 0.29) is 11.2 Å². The van der Waals surface area contributed by atoms with Crippen LogP contribution >= 0.6 is 11.8 Å². The van der Waals surface area contributed by atoms with Gasteiger partial charge in [0.15, 0.2) is 5.65 Å². The number of aromatic nitrogens is 4. The van der Waals surface area contributed by atoms with E-state index in [9.17, 15) is 4.79 Å². The molecule has 24 heavy (non-hydrogen) atoms. The predicted octanol–water partition coefficient (Wildman–Crippen LogP) is 2.90. The van der Waals surface area contributed by atoms with E-state index in [2.05, 4.69) is 15.1 Å². The summed E-state index contributed by atoms with van der Waals surface area (Å²) in [6, 6.07) is 9.71. The molecule has 0 saturated heterocycles. The highest BCUT2D eigenvalue weighted by Crippen LogP contribution is 2.29. The summed E-state index contributed by atoms with van der Waals surface area (Å²) in [5, 5.41) is 5.60. The quantitative estimate of drug-likeness (QED) is 0.527. The van der Waals surface area contributed by atoms with Crippen LogP contribution in [-0.2, 0) is 11.8 Å². The van der Waals surface area contributed by atoms with Crippen LogP contribution in [0.15, 0.2) is 47.9 Å². The molecule has 0 aliphatic rings. The average molecular weight is 341 g/mol. The lowest BCUT2D eigenvalue weighted by Gasteiger charge is -2.24. The molecule has 1 atom stereocenters. The third-order valence-electron chi connectivity index (χ3n) is 3.78. The monoisotopic (exact) mass is 341 g/mol. The fraction of sp³-hybridized carbons (Fsp3) is 0.294. The number of hydrogen-bond donors (Lipinski definition) is 0. The molecule has 1 unspecified atom stereocenters. The van der Waals surface area contributed by atoms with E-state index in [0.29, 0.717) is 6.54 Å². The van der Waals surface area contributed by atoms with Crippen molar-refractivity contribution in [3.63, 3.8) is 0 Å². The van der Waals surface area contributed by atoms with E-state index in [1.165, 1.54) is 18.1 Å². The lowest BCUT2D eigenvalue weighted by molar-refractivity contribution is -0.117. The van der Waals surface area contributed by atoms with E-state index < -0.39 is 0 Å². The van der Waals surface area contributed by atoms with E-state index >= 15 is 0 Å². The highest BCUT2D eigenvalue weighted by Gasteiger charge is 2.23. The van der Waals surface area contributed by atoms with Gasteiger partial charge in [0.25, 0.3) is 0 Å². The summed E-state index contributed by atoms with van der Waals surface area (Å²) in [6.07, 6.45) is 3.25. The van der Waals surface area contributed by atoms with Crippen molar-refractivity contribution < 1.29 is 4.79 Å². The molecule has 0 radical (unpaired) electrons. The normalized spacial score (nSPS) is 12.3. The molecule has 7 heteroatoms. The van der Waals surface area contributed by atoms with Crippen molar-refractivity contribution in [2.45, 2.75) is 24.1 Å². The Hall–Kier alpha value is -2.41. The van der Waals surface area contributed by atoms with Crippen LogP contribution in [0, 0.1) is 0 Å². The number of carbonyl (C=O) groups excluding carboxylic acids is 1. The van der Waals surface area contributed by atoms with Crippen LogP contribution in [0.3, 0.4) is 0 Å². The Morgan fingerprint density at radius 1 is 1.29 bits per heavy atom. The number of benzene rings is 1. The first kappa shape index (κ1) is 16.4. The van der Waals surface area contributed by atoms with Crippen LogP contribution in [0.1, 0.15) is 13.8 Å². The minimum Gasteiger partial charge on any atom is -0.312 e. The number of rotatable bonds is 5. The van der Waals surface area contributed by atoms with Crippen LogP contribution in [0.4, 0.5) is 5.69 Å². The van der Waals surface area contributed by atoms with Gasteiger partial charge in [-0.05, 0) is 26.0 Å². The Balaban J connectivity index is 1.83.